The van der Waals surface area contributed by atoms with E-state index in [1.54, 1.807) is 0 Å². The van der Waals surface area contributed by atoms with E-state index in [1.807, 2.05) is 0 Å². The number of hydrogen-bond acceptors (Lipinski definition) is 2. The van der Waals surface area contributed by atoms with Gasteiger partial charge in [0, 0.05) is 12.1 Å². The molecule has 0 amide bonds. The molecule has 0 aromatic rings. The summed E-state index contributed by atoms with van der Waals surface area (Å²) in [6, 6.07) is 0. The first kappa shape index (κ1) is 11.0. The molecule has 0 aliphatic carbocycles. The van der Waals surface area contributed by atoms with Crippen molar-refractivity contribution < 1.29 is 4.74 Å². The predicted molar refractivity (Wildman–Crippen MR) is 53.3 cm³/mol. The van der Waals surface area contributed by atoms with Crippen LogP contribution < -0.4 is 0 Å². The molecule has 2 heterocycles. The van der Waals surface area contributed by atoms with Crippen molar-refractivity contribution in [3.8, 4) is 0 Å². The average molecular weight is 444 g/mol. The molecule has 3 heteroatoms. The maximum Gasteiger partial charge on any atom is 0.0479 e. The molecule has 0 N–H and O–H groups in total. The summed E-state index contributed by atoms with van der Waals surface area (Å²) in [6.45, 7) is 4.50. The molecule has 1 atom stereocenters. The number of likely N-dealkylation sites (tertiary alicyclic amines) is 1. The van der Waals surface area contributed by atoms with Crippen LogP contribution in [-0.4, -0.2) is 30.6 Å². The fraction of sp³-hybridized carbons (Fsp3) is 0.909. The molecule has 2 rings (SSSR count). The Morgan fingerprint density at radius 1 is 1.29 bits per heavy atom. The third-order valence-corrected chi connectivity index (χ3v) is 3.28. The van der Waals surface area contributed by atoms with Crippen LogP contribution in [0.1, 0.15) is 39.0 Å². The molecule has 1 spiro atoms. The standard InChI is InChI=1S/C11H20NO.Lr/c1-10-5-3-6-11(13-10)7-4-8-12(2)9-11;/h3-9H2,1-2H3;/q-1;. The first-order valence-corrected chi connectivity index (χ1v) is 5.40. The van der Waals surface area contributed by atoms with Crippen molar-refractivity contribution in [1.82, 2.24) is 4.90 Å². The molecule has 91 valence electrons. The van der Waals surface area contributed by atoms with Crippen molar-refractivity contribution in [3.05, 3.63) is 6.10 Å². The monoisotopic (exact) mass is 444 g/mol. The normalized spacial score (nSPS) is 35.6. The quantitative estimate of drug-likeness (QED) is 0.532. The molecule has 0 aromatic carbocycles. The smallest absolute Gasteiger partial charge is 0.0479 e. The maximum atomic E-state index is 6.06. The van der Waals surface area contributed by atoms with Gasteiger partial charge in [-0.15, -0.1) is 0 Å². The first-order chi connectivity index (χ1) is 6.20. The van der Waals surface area contributed by atoms with Gasteiger partial charge in [0.1, 0.15) is 0 Å². The van der Waals surface area contributed by atoms with Crippen LogP contribution in [-0.2, 0) is 4.74 Å². The summed E-state index contributed by atoms with van der Waals surface area (Å²) >= 11 is 0. The van der Waals surface area contributed by atoms with E-state index in [4.69, 9.17) is 4.74 Å². The summed E-state index contributed by atoms with van der Waals surface area (Å²) in [4.78, 5) is 2.40. The summed E-state index contributed by atoms with van der Waals surface area (Å²) in [5.41, 5.74) is 0.190. The minimum absolute atomic E-state index is 0. The zero-order valence-electron chi connectivity index (χ0n) is 9.06. The Kier molecular flexibility index (Phi) is 3.12. The number of likely N-dealkylation sites (N-methyl/N-ethyl adjacent to an activating group) is 1. The molecule has 2 aliphatic rings. The van der Waals surface area contributed by atoms with Gasteiger partial charge in [0.05, 0.1) is 0 Å². The fourth-order valence-corrected chi connectivity index (χ4v) is 2.74. The Morgan fingerprint density at radius 3 is 2.64 bits per heavy atom. The van der Waals surface area contributed by atoms with Gasteiger partial charge in [0.15, 0.2) is 0 Å². The van der Waals surface area contributed by atoms with Gasteiger partial charge >= 0.3 is 0 Å². The minimum Gasteiger partial charge on any atom is -0.544 e. The van der Waals surface area contributed by atoms with E-state index in [9.17, 15) is 0 Å². The van der Waals surface area contributed by atoms with Crippen LogP contribution in [0.15, 0.2) is 0 Å². The predicted octanol–water partition coefficient (Wildman–Crippen LogP) is 2.20. The van der Waals surface area contributed by atoms with Gasteiger partial charge in [0.2, 0.25) is 0 Å². The number of rotatable bonds is 0. The van der Waals surface area contributed by atoms with Crippen LogP contribution in [0, 0.1) is 6.10 Å². The Hall–Kier alpha value is -1.08. The van der Waals surface area contributed by atoms with Crippen molar-refractivity contribution in [2.24, 2.45) is 0 Å². The fourth-order valence-electron chi connectivity index (χ4n) is 2.74. The number of hydrogen-bond donors (Lipinski definition) is 0. The molecular weight excluding hydrogens is 424 g/mol. The number of piperidine rings is 1. The van der Waals surface area contributed by atoms with Gasteiger partial charge in [-0.2, -0.15) is 19.4 Å². The van der Waals surface area contributed by atoms with E-state index in [0.29, 0.717) is 0 Å². The molecule has 2 saturated heterocycles. The number of nitrogens with zero attached hydrogens (tertiary/aromatic N) is 1. The van der Waals surface area contributed by atoms with Crippen LogP contribution in [0.3, 0.4) is 0 Å². The van der Waals surface area contributed by atoms with Crippen LogP contribution in [0.2, 0.25) is 0 Å². The molecule has 2 fully saturated rings. The Balaban J connectivity index is 0.000000980. The second-order valence-corrected chi connectivity index (χ2v) is 4.68. The zero-order chi connectivity index (χ0) is 9.31. The maximum absolute atomic E-state index is 6.06. The van der Waals surface area contributed by atoms with Gasteiger partial charge in [-0.3, -0.25) is 0 Å². The topological polar surface area (TPSA) is 12.5 Å². The van der Waals surface area contributed by atoms with E-state index in [0.717, 1.165) is 6.54 Å². The third-order valence-electron chi connectivity index (χ3n) is 3.28. The van der Waals surface area contributed by atoms with E-state index in [1.165, 1.54) is 44.8 Å². The molecule has 1 unspecified atom stereocenters. The summed E-state index contributed by atoms with van der Waals surface area (Å²) < 4.78 is 6.06. The molecule has 0 bridgehead atoms. The Bertz CT molecular complexity index is 166. The van der Waals surface area contributed by atoms with Crippen LogP contribution in [0.25, 0.3) is 0 Å². The van der Waals surface area contributed by atoms with Gasteiger partial charge in [-0.05, 0) is 32.9 Å². The molecule has 2 aliphatic heterocycles. The first-order valence-electron chi connectivity index (χ1n) is 5.40. The SMILES string of the molecule is C[C-]1CCCC2(CCCN(C)C2)O1.[Lr]. The molecule has 1 radical (unpaired) electrons. The summed E-state index contributed by atoms with van der Waals surface area (Å²) in [5, 5.41) is 0. The molecule has 0 saturated carbocycles. The van der Waals surface area contributed by atoms with Crippen molar-refractivity contribution in [1.29, 1.82) is 0 Å². The van der Waals surface area contributed by atoms with Gasteiger partial charge in [0.25, 0.3) is 0 Å². The molecular formula is C11H20LrNO-. The van der Waals surface area contributed by atoms with Crippen LogP contribution in [0.4, 0.5) is 0 Å². The number of ether oxygens (including phenoxy) is 1. The van der Waals surface area contributed by atoms with Crippen molar-refractivity contribution >= 4 is 0 Å². The largest absolute Gasteiger partial charge is 0.544 e. The van der Waals surface area contributed by atoms with Crippen molar-refractivity contribution in [2.75, 3.05) is 20.1 Å². The Morgan fingerprint density at radius 2 is 2.00 bits per heavy atom. The van der Waals surface area contributed by atoms with E-state index >= 15 is 0 Å². The summed E-state index contributed by atoms with van der Waals surface area (Å²) in [6.07, 6.45) is 7.56. The molecule has 14 heavy (non-hydrogen) atoms. The van der Waals surface area contributed by atoms with Crippen molar-refractivity contribution in [3.63, 3.8) is 0 Å². The second kappa shape index (κ2) is 3.97. The van der Waals surface area contributed by atoms with Crippen LogP contribution >= 0.6 is 0 Å². The van der Waals surface area contributed by atoms with Gasteiger partial charge < -0.3 is 9.64 Å². The molecule has 2 nitrogen and oxygen atoms in total. The average Bonchev–Trinajstić information content (AvgIpc) is 2.02. The zero-order valence-corrected chi connectivity index (χ0v) is 11.2. The van der Waals surface area contributed by atoms with Gasteiger partial charge in [-0.1, -0.05) is 6.42 Å². The molecule has 0 aromatic heterocycles. The minimum atomic E-state index is 0. The van der Waals surface area contributed by atoms with E-state index < -0.39 is 0 Å². The van der Waals surface area contributed by atoms with Crippen molar-refractivity contribution in [2.45, 2.75) is 44.6 Å². The summed E-state index contributed by atoms with van der Waals surface area (Å²) in [7, 11) is 2.20. The third kappa shape index (κ3) is 2.05. The Labute approximate surface area is 81.3 Å². The van der Waals surface area contributed by atoms with Crippen LogP contribution in [0.5, 0.6) is 0 Å². The second-order valence-electron chi connectivity index (χ2n) is 4.68. The van der Waals surface area contributed by atoms with E-state index in [-0.39, 0.29) is 5.60 Å². The summed E-state index contributed by atoms with van der Waals surface area (Å²) in [5.74, 6) is 0. The van der Waals surface area contributed by atoms with E-state index in [2.05, 4.69) is 18.9 Å². The van der Waals surface area contributed by atoms with Gasteiger partial charge in [-0.25, -0.2) is 0 Å².